The number of aromatic amines is 1. The molecule has 0 unspecified atom stereocenters. The molecule has 0 aliphatic rings. The summed E-state index contributed by atoms with van der Waals surface area (Å²) < 4.78 is 0.610. The first-order valence-electron chi connectivity index (χ1n) is 3.36. The van der Waals surface area contributed by atoms with Crippen LogP contribution >= 0.6 is 23.6 Å². The maximum atomic E-state index is 10.8. The fourth-order valence-corrected chi connectivity index (χ4v) is 1.70. The standard InChI is InChI=1S/C7H9NO2S2/c1-7(2,5(9)10)4-3-12-6(11)8-4/h3H,1-2H3,(H,8,11)(H,9,10). The normalized spacial score (nSPS) is 11.5. The molecule has 0 bridgehead atoms. The van der Waals surface area contributed by atoms with Crippen LogP contribution in [0.25, 0.3) is 0 Å². The number of aliphatic carboxylic acids is 1. The van der Waals surface area contributed by atoms with E-state index in [0.717, 1.165) is 0 Å². The fourth-order valence-electron chi connectivity index (χ4n) is 0.700. The molecule has 1 aromatic rings. The predicted octanol–water partition coefficient (Wildman–Crippen LogP) is 2.17. The van der Waals surface area contributed by atoms with Gasteiger partial charge < -0.3 is 10.1 Å². The lowest BCUT2D eigenvalue weighted by Gasteiger charge is -2.16. The molecule has 66 valence electrons. The number of carbonyl (C=O) groups is 1. The zero-order valence-corrected chi connectivity index (χ0v) is 8.38. The lowest BCUT2D eigenvalue weighted by Crippen LogP contribution is -2.28. The molecule has 0 fully saturated rings. The third kappa shape index (κ3) is 1.56. The van der Waals surface area contributed by atoms with Crippen molar-refractivity contribution >= 4 is 29.5 Å². The monoisotopic (exact) mass is 203 g/mol. The molecule has 3 nitrogen and oxygen atoms in total. The third-order valence-electron chi connectivity index (χ3n) is 1.73. The Balaban J connectivity index is 3.13. The Morgan fingerprint density at radius 1 is 1.75 bits per heavy atom. The number of aromatic nitrogens is 1. The van der Waals surface area contributed by atoms with Gasteiger partial charge in [-0.3, -0.25) is 4.79 Å². The number of hydrogen-bond acceptors (Lipinski definition) is 3. The summed E-state index contributed by atoms with van der Waals surface area (Å²) in [6, 6.07) is 0. The van der Waals surface area contributed by atoms with Gasteiger partial charge in [0.15, 0.2) is 3.95 Å². The minimum absolute atomic E-state index is 0.610. The van der Waals surface area contributed by atoms with Crippen LogP contribution in [-0.4, -0.2) is 16.1 Å². The van der Waals surface area contributed by atoms with Crippen LogP contribution in [0.1, 0.15) is 19.5 Å². The maximum absolute atomic E-state index is 10.8. The average molecular weight is 203 g/mol. The first kappa shape index (κ1) is 9.41. The molecule has 0 radical (unpaired) electrons. The molecule has 2 N–H and O–H groups in total. The van der Waals surface area contributed by atoms with Crippen molar-refractivity contribution in [2.45, 2.75) is 19.3 Å². The van der Waals surface area contributed by atoms with Crippen molar-refractivity contribution in [1.82, 2.24) is 4.98 Å². The summed E-state index contributed by atoms with van der Waals surface area (Å²) in [5.41, 5.74) is -0.224. The maximum Gasteiger partial charge on any atom is 0.315 e. The van der Waals surface area contributed by atoms with E-state index in [1.165, 1.54) is 11.3 Å². The Hall–Kier alpha value is -0.680. The van der Waals surface area contributed by atoms with E-state index in [4.69, 9.17) is 17.3 Å². The van der Waals surface area contributed by atoms with Crippen molar-refractivity contribution in [2.75, 3.05) is 0 Å². The van der Waals surface area contributed by atoms with E-state index in [1.807, 2.05) is 0 Å². The first-order chi connectivity index (χ1) is 5.44. The van der Waals surface area contributed by atoms with Crippen LogP contribution in [0.3, 0.4) is 0 Å². The van der Waals surface area contributed by atoms with Crippen molar-refractivity contribution in [3.8, 4) is 0 Å². The summed E-state index contributed by atoms with van der Waals surface area (Å²) in [6.45, 7) is 3.28. The molecule has 0 saturated heterocycles. The highest BCUT2D eigenvalue weighted by Gasteiger charge is 2.30. The fraction of sp³-hybridized carbons (Fsp3) is 0.429. The van der Waals surface area contributed by atoms with Gasteiger partial charge in [-0.05, 0) is 26.1 Å². The van der Waals surface area contributed by atoms with Crippen LogP contribution < -0.4 is 0 Å². The van der Waals surface area contributed by atoms with E-state index in [-0.39, 0.29) is 0 Å². The van der Waals surface area contributed by atoms with Gasteiger partial charge in [-0.25, -0.2) is 0 Å². The smallest absolute Gasteiger partial charge is 0.315 e. The summed E-state index contributed by atoms with van der Waals surface area (Å²) in [6.07, 6.45) is 0. The van der Waals surface area contributed by atoms with Gasteiger partial charge >= 0.3 is 5.97 Å². The molecule has 0 atom stereocenters. The molecule has 0 aliphatic carbocycles. The highest BCUT2D eigenvalue weighted by Crippen LogP contribution is 2.23. The molecule has 0 aromatic carbocycles. The van der Waals surface area contributed by atoms with Crippen LogP contribution in [0.4, 0.5) is 0 Å². The number of carboxylic acid groups (broad SMARTS) is 1. The molecule has 1 aromatic heterocycles. The van der Waals surface area contributed by atoms with Gasteiger partial charge in [-0.15, -0.1) is 11.3 Å². The number of carboxylic acids is 1. The quantitative estimate of drug-likeness (QED) is 0.724. The number of nitrogens with one attached hydrogen (secondary N) is 1. The molecule has 1 heterocycles. The Kier molecular flexibility index (Phi) is 2.34. The zero-order valence-electron chi connectivity index (χ0n) is 6.75. The molecular formula is C7H9NO2S2. The van der Waals surface area contributed by atoms with Crippen molar-refractivity contribution in [2.24, 2.45) is 0 Å². The zero-order chi connectivity index (χ0) is 9.35. The number of rotatable bonds is 2. The lowest BCUT2D eigenvalue weighted by molar-refractivity contribution is -0.142. The average Bonchev–Trinajstić information content (AvgIpc) is 2.35. The van der Waals surface area contributed by atoms with Crippen LogP contribution in [0.15, 0.2) is 5.38 Å². The second kappa shape index (κ2) is 2.99. The van der Waals surface area contributed by atoms with Gasteiger partial charge in [-0.1, -0.05) is 0 Å². The summed E-state index contributed by atoms with van der Waals surface area (Å²) in [7, 11) is 0. The van der Waals surface area contributed by atoms with E-state index in [1.54, 1.807) is 19.2 Å². The summed E-state index contributed by atoms with van der Waals surface area (Å²) in [5, 5.41) is 10.6. The van der Waals surface area contributed by atoms with Crippen molar-refractivity contribution < 1.29 is 9.90 Å². The number of hydrogen-bond donors (Lipinski definition) is 2. The number of H-pyrrole nitrogens is 1. The van der Waals surface area contributed by atoms with Gasteiger partial charge in [0.2, 0.25) is 0 Å². The van der Waals surface area contributed by atoms with Gasteiger partial charge in [0, 0.05) is 11.1 Å². The molecular weight excluding hydrogens is 194 g/mol. The van der Waals surface area contributed by atoms with E-state index >= 15 is 0 Å². The van der Waals surface area contributed by atoms with Gasteiger partial charge in [-0.2, -0.15) is 0 Å². The Bertz CT molecular complexity index is 350. The van der Waals surface area contributed by atoms with Gasteiger partial charge in [0.25, 0.3) is 0 Å². The van der Waals surface area contributed by atoms with E-state index in [9.17, 15) is 4.79 Å². The molecule has 5 heteroatoms. The Morgan fingerprint density at radius 2 is 2.33 bits per heavy atom. The highest BCUT2D eigenvalue weighted by molar-refractivity contribution is 7.73. The van der Waals surface area contributed by atoms with Crippen molar-refractivity contribution in [1.29, 1.82) is 0 Å². The summed E-state index contributed by atoms with van der Waals surface area (Å²) in [5.74, 6) is -0.855. The summed E-state index contributed by atoms with van der Waals surface area (Å²) in [4.78, 5) is 13.6. The summed E-state index contributed by atoms with van der Waals surface area (Å²) >= 11 is 6.20. The molecule has 1 rings (SSSR count). The Labute approximate surface area is 79.1 Å². The largest absolute Gasteiger partial charge is 0.481 e. The van der Waals surface area contributed by atoms with E-state index < -0.39 is 11.4 Å². The van der Waals surface area contributed by atoms with Crippen LogP contribution in [0.5, 0.6) is 0 Å². The molecule has 12 heavy (non-hydrogen) atoms. The Morgan fingerprint density at radius 3 is 2.67 bits per heavy atom. The van der Waals surface area contributed by atoms with Crippen LogP contribution in [-0.2, 0) is 10.2 Å². The third-order valence-corrected chi connectivity index (χ3v) is 2.79. The topological polar surface area (TPSA) is 53.1 Å². The molecule has 0 amide bonds. The molecule has 0 spiro atoms. The van der Waals surface area contributed by atoms with Crippen LogP contribution in [0.2, 0.25) is 0 Å². The lowest BCUT2D eigenvalue weighted by atomic mass is 9.91. The molecule has 0 aliphatic heterocycles. The van der Waals surface area contributed by atoms with E-state index in [2.05, 4.69) is 4.98 Å². The molecule has 0 saturated carbocycles. The van der Waals surface area contributed by atoms with Crippen molar-refractivity contribution in [3.63, 3.8) is 0 Å². The first-order valence-corrected chi connectivity index (χ1v) is 4.65. The number of thiazole rings is 1. The SMILES string of the molecule is CC(C)(C(=O)O)c1csc(=S)[nH]1. The van der Waals surface area contributed by atoms with Gasteiger partial charge in [0.1, 0.15) is 5.41 Å². The highest BCUT2D eigenvalue weighted by atomic mass is 32.1. The minimum Gasteiger partial charge on any atom is -0.481 e. The second-order valence-corrected chi connectivity index (χ2v) is 4.54. The second-order valence-electron chi connectivity index (χ2n) is 2.99. The van der Waals surface area contributed by atoms with Gasteiger partial charge in [0.05, 0.1) is 0 Å². The van der Waals surface area contributed by atoms with Crippen molar-refractivity contribution in [3.05, 3.63) is 15.0 Å². The minimum atomic E-state index is -0.881. The predicted molar refractivity (Wildman–Crippen MR) is 50.2 cm³/mol. The van der Waals surface area contributed by atoms with E-state index in [0.29, 0.717) is 9.65 Å². The van der Waals surface area contributed by atoms with Crippen LogP contribution in [0, 0.1) is 3.95 Å².